The number of likely N-dealkylation sites (tertiary alicyclic amines) is 1. The van der Waals surface area contributed by atoms with Crippen LogP contribution in [0.2, 0.25) is 0 Å². The maximum Gasteiger partial charge on any atom is 0.309 e. The van der Waals surface area contributed by atoms with Gasteiger partial charge in [-0.3, -0.25) is 19.1 Å². The van der Waals surface area contributed by atoms with Gasteiger partial charge in [0, 0.05) is 43.8 Å². The number of aromatic nitrogens is 2. The predicted octanol–water partition coefficient (Wildman–Crippen LogP) is 2.95. The van der Waals surface area contributed by atoms with Crippen molar-refractivity contribution in [3.63, 3.8) is 0 Å². The Morgan fingerprint density at radius 1 is 1.22 bits per heavy atom. The Morgan fingerprint density at radius 3 is 2.56 bits per heavy atom. The molecule has 1 saturated heterocycles. The lowest BCUT2D eigenvalue weighted by molar-refractivity contribution is -0.147. The first-order chi connectivity index (χ1) is 15.2. The molecule has 166 valence electrons. The fourth-order valence-electron chi connectivity index (χ4n) is 3.88. The number of carbonyl (C=O) groups is 1. The molecule has 32 heavy (non-hydrogen) atoms. The third-order valence-electron chi connectivity index (χ3n) is 5.69. The summed E-state index contributed by atoms with van der Waals surface area (Å²) >= 11 is 0. The number of carboxylic acids is 1. The van der Waals surface area contributed by atoms with E-state index in [4.69, 9.17) is 5.11 Å². The normalized spacial score (nSPS) is 14.2. The maximum absolute atomic E-state index is 14.0. The van der Waals surface area contributed by atoms with E-state index in [0.29, 0.717) is 25.3 Å². The van der Waals surface area contributed by atoms with Crippen LogP contribution in [0.15, 0.2) is 47.5 Å². The second kappa shape index (κ2) is 8.43. The third-order valence-corrected chi connectivity index (χ3v) is 5.69. The number of hydrogen-bond acceptors (Lipinski definition) is 6. The van der Waals surface area contributed by atoms with Gasteiger partial charge in [0.05, 0.1) is 11.6 Å². The zero-order valence-electron chi connectivity index (χ0n) is 17.7. The Kier molecular flexibility index (Phi) is 5.67. The van der Waals surface area contributed by atoms with Crippen LogP contribution in [-0.2, 0) is 11.3 Å². The SMILES string of the molecule is Cc1cc(-n2ccnc(Nc3cc(O)ccc3F)c2=O)cc(C)c1CN1CC(C(=O)O)C1. The molecule has 3 aromatic rings. The number of nitrogens with one attached hydrogen (secondary N) is 1. The number of aromatic hydroxyl groups is 1. The van der Waals surface area contributed by atoms with Crippen molar-refractivity contribution in [3.8, 4) is 11.4 Å². The molecule has 0 spiro atoms. The van der Waals surface area contributed by atoms with Gasteiger partial charge in [-0.15, -0.1) is 0 Å². The minimum atomic E-state index is -0.767. The number of hydrogen-bond donors (Lipinski definition) is 3. The van der Waals surface area contributed by atoms with Crippen molar-refractivity contribution < 1.29 is 19.4 Å². The van der Waals surface area contributed by atoms with E-state index in [1.165, 1.54) is 29.1 Å². The Morgan fingerprint density at radius 2 is 1.91 bits per heavy atom. The van der Waals surface area contributed by atoms with Crippen molar-refractivity contribution in [2.45, 2.75) is 20.4 Å². The molecular formula is C23H23FN4O4. The van der Waals surface area contributed by atoms with Gasteiger partial charge in [-0.1, -0.05) is 0 Å². The van der Waals surface area contributed by atoms with Gasteiger partial charge >= 0.3 is 5.97 Å². The lowest BCUT2D eigenvalue weighted by atomic mass is 9.96. The Labute approximate surface area is 183 Å². The molecule has 0 amide bonds. The van der Waals surface area contributed by atoms with Crippen LogP contribution >= 0.6 is 0 Å². The van der Waals surface area contributed by atoms with Gasteiger partial charge in [0.25, 0.3) is 5.56 Å². The average molecular weight is 438 g/mol. The lowest BCUT2D eigenvalue weighted by Crippen LogP contribution is -2.49. The molecule has 0 bridgehead atoms. The minimum absolute atomic E-state index is 0.0516. The van der Waals surface area contributed by atoms with Crippen LogP contribution in [-0.4, -0.2) is 43.7 Å². The third kappa shape index (κ3) is 4.19. The molecule has 2 aromatic carbocycles. The predicted molar refractivity (Wildman–Crippen MR) is 117 cm³/mol. The van der Waals surface area contributed by atoms with Crippen molar-refractivity contribution in [2.75, 3.05) is 18.4 Å². The van der Waals surface area contributed by atoms with Gasteiger partial charge in [-0.2, -0.15) is 0 Å². The second-order valence-electron chi connectivity index (χ2n) is 8.03. The molecule has 4 rings (SSSR count). The van der Waals surface area contributed by atoms with E-state index in [1.807, 2.05) is 26.0 Å². The molecule has 0 saturated carbocycles. The summed E-state index contributed by atoms with van der Waals surface area (Å²) in [5.74, 6) is -1.91. The number of phenolic OH excluding ortho intramolecular Hbond substituents is 1. The largest absolute Gasteiger partial charge is 0.508 e. The van der Waals surface area contributed by atoms with Crippen LogP contribution in [0.5, 0.6) is 5.75 Å². The number of anilines is 2. The molecule has 1 fully saturated rings. The monoisotopic (exact) mass is 438 g/mol. The first-order valence-corrected chi connectivity index (χ1v) is 10.1. The number of halogens is 1. The zero-order chi connectivity index (χ0) is 23.0. The smallest absolute Gasteiger partial charge is 0.309 e. The highest BCUT2D eigenvalue weighted by atomic mass is 19.1. The van der Waals surface area contributed by atoms with Gasteiger partial charge in [-0.25, -0.2) is 9.37 Å². The van der Waals surface area contributed by atoms with Crippen LogP contribution in [0.25, 0.3) is 5.69 Å². The van der Waals surface area contributed by atoms with Gasteiger partial charge in [0.1, 0.15) is 11.6 Å². The lowest BCUT2D eigenvalue weighted by Gasteiger charge is -2.37. The van der Waals surface area contributed by atoms with Gasteiger partial charge < -0.3 is 15.5 Å². The second-order valence-corrected chi connectivity index (χ2v) is 8.03. The molecule has 1 aliphatic rings. The minimum Gasteiger partial charge on any atom is -0.508 e. The van der Waals surface area contributed by atoms with Gasteiger partial charge in [0.15, 0.2) is 5.82 Å². The van der Waals surface area contributed by atoms with Crippen molar-refractivity contribution in [3.05, 3.63) is 75.6 Å². The van der Waals surface area contributed by atoms with Crippen molar-refractivity contribution >= 4 is 17.5 Å². The fraction of sp³-hybridized carbons (Fsp3) is 0.261. The van der Waals surface area contributed by atoms with E-state index in [1.54, 1.807) is 0 Å². The van der Waals surface area contributed by atoms with Crippen LogP contribution in [0.3, 0.4) is 0 Å². The standard InChI is InChI=1S/C23H23FN4O4/c1-13-7-16(8-14(2)18(13)12-27-10-15(11-27)23(31)32)28-6-5-25-21(22(28)30)26-20-9-17(29)3-4-19(20)24/h3-9,15,29H,10-12H2,1-2H3,(H,25,26)(H,31,32). The van der Waals surface area contributed by atoms with Crippen LogP contribution in [0.1, 0.15) is 16.7 Å². The molecule has 3 N–H and O–H groups in total. The summed E-state index contributed by atoms with van der Waals surface area (Å²) in [6, 6.07) is 7.27. The number of phenols is 1. The topological polar surface area (TPSA) is 108 Å². The van der Waals surface area contributed by atoms with Gasteiger partial charge in [0.2, 0.25) is 0 Å². The van der Waals surface area contributed by atoms with Crippen LogP contribution in [0.4, 0.5) is 15.9 Å². The average Bonchev–Trinajstić information content (AvgIpc) is 2.69. The summed E-state index contributed by atoms with van der Waals surface area (Å²) in [5.41, 5.74) is 3.19. The quantitative estimate of drug-likeness (QED) is 0.543. The van der Waals surface area contributed by atoms with Crippen LogP contribution in [0, 0.1) is 25.6 Å². The van der Waals surface area contributed by atoms with E-state index in [0.717, 1.165) is 22.8 Å². The number of nitrogens with zero attached hydrogens (tertiary/aromatic N) is 3. The maximum atomic E-state index is 14.0. The van der Waals surface area contributed by atoms with E-state index in [2.05, 4.69) is 15.2 Å². The number of aliphatic carboxylic acids is 1. The molecule has 1 aromatic heterocycles. The summed E-state index contributed by atoms with van der Waals surface area (Å²) in [4.78, 5) is 30.1. The van der Waals surface area contributed by atoms with E-state index in [-0.39, 0.29) is 23.2 Å². The van der Waals surface area contributed by atoms with Gasteiger partial charge in [-0.05, 0) is 54.8 Å². The summed E-state index contributed by atoms with van der Waals surface area (Å²) in [6.07, 6.45) is 2.97. The van der Waals surface area contributed by atoms with E-state index in [9.17, 15) is 19.1 Å². The Bertz CT molecular complexity index is 1230. The highest BCUT2D eigenvalue weighted by Gasteiger charge is 2.32. The summed E-state index contributed by atoms with van der Waals surface area (Å²) in [5, 5.41) is 21.3. The first-order valence-electron chi connectivity index (χ1n) is 10.1. The number of benzene rings is 2. The molecule has 1 aliphatic heterocycles. The fourth-order valence-corrected chi connectivity index (χ4v) is 3.88. The highest BCUT2D eigenvalue weighted by Crippen LogP contribution is 2.25. The molecule has 0 atom stereocenters. The van der Waals surface area contributed by atoms with E-state index >= 15 is 0 Å². The number of carboxylic acid groups (broad SMARTS) is 1. The van der Waals surface area contributed by atoms with Crippen molar-refractivity contribution in [1.29, 1.82) is 0 Å². The number of rotatable bonds is 6. The number of aryl methyl sites for hydroxylation is 2. The molecule has 2 heterocycles. The molecule has 0 radical (unpaired) electrons. The molecule has 8 nitrogen and oxygen atoms in total. The molecule has 0 aliphatic carbocycles. The summed E-state index contributed by atoms with van der Waals surface area (Å²) in [6.45, 7) is 5.61. The molecule has 0 unspecified atom stereocenters. The Balaban J connectivity index is 1.60. The van der Waals surface area contributed by atoms with Crippen molar-refractivity contribution in [2.24, 2.45) is 5.92 Å². The van der Waals surface area contributed by atoms with E-state index < -0.39 is 17.3 Å². The summed E-state index contributed by atoms with van der Waals surface area (Å²) in [7, 11) is 0. The van der Waals surface area contributed by atoms with Crippen molar-refractivity contribution in [1.82, 2.24) is 14.5 Å². The zero-order valence-corrected chi connectivity index (χ0v) is 17.7. The Hall–Kier alpha value is -3.72. The van der Waals surface area contributed by atoms with Crippen LogP contribution < -0.4 is 10.9 Å². The summed E-state index contributed by atoms with van der Waals surface area (Å²) < 4.78 is 15.4. The highest BCUT2D eigenvalue weighted by molar-refractivity contribution is 5.71. The molecular weight excluding hydrogens is 415 g/mol. The molecule has 9 heteroatoms. The first kappa shape index (κ1) is 21.5.